The fourth-order valence-corrected chi connectivity index (χ4v) is 5.52. The molecule has 9 heteroatoms. The summed E-state index contributed by atoms with van der Waals surface area (Å²) in [5.74, 6) is -1.36. The van der Waals surface area contributed by atoms with Gasteiger partial charge >= 0.3 is 35.5 Å². The molecule has 1 saturated heterocycles. The fraction of sp³-hybridized carbons (Fsp3) is 0.318. The summed E-state index contributed by atoms with van der Waals surface area (Å²) >= 11 is 0. The number of nitrogens with zero attached hydrogens (tertiary/aromatic N) is 1. The summed E-state index contributed by atoms with van der Waals surface area (Å²) in [4.78, 5) is 10.7. The summed E-state index contributed by atoms with van der Waals surface area (Å²) in [6.45, 7) is 0.299. The van der Waals surface area contributed by atoms with Gasteiger partial charge in [0.1, 0.15) is 11.6 Å². The van der Waals surface area contributed by atoms with Gasteiger partial charge in [0.2, 0.25) is 10.0 Å². The van der Waals surface area contributed by atoms with Crippen molar-refractivity contribution in [2.75, 3.05) is 6.54 Å². The third-order valence-electron chi connectivity index (χ3n) is 5.24. The number of rotatable bonds is 8. The Labute approximate surface area is 205 Å². The van der Waals surface area contributed by atoms with Crippen LogP contribution >= 0.6 is 0 Å². The number of sulfonamides is 1. The molecule has 0 saturated carbocycles. The van der Waals surface area contributed by atoms with E-state index in [4.69, 9.17) is 5.11 Å². The van der Waals surface area contributed by atoms with Crippen LogP contribution in [0.5, 0.6) is 5.75 Å². The third kappa shape index (κ3) is 6.40. The predicted molar refractivity (Wildman–Crippen MR) is 111 cm³/mol. The third-order valence-corrected chi connectivity index (χ3v) is 7.13. The molecule has 2 aromatic carbocycles. The molecule has 162 valence electrons. The first kappa shape index (κ1) is 25.5. The smallest absolute Gasteiger partial charge is 1.00 e. The molecule has 0 amide bonds. The Morgan fingerprint density at radius 2 is 1.90 bits per heavy atom. The number of phenolic OH excluding ortho intramolecular Hbond substituents is 1. The Hall–Kier alpha value is -1.71. The van der Waals surface area contributed by atoms with Crippen LogP contribution in [-0.2, 0) is 14.8 Å². The van der Waals surface area contributed by atoms with Gasteiger partial charge in [-0.3, -0.25) is 4.79 Å². The van der Waals surface area contributed by atoms with Crippen molar-refractivity contribution in [2.45, 2.75) is 36.6 Å². The molecule has 2 unspecified atom stereocenters. The Bertz CT molecular complexity index is 1030. The molecule has 0 spiro atoms. The molecule has 0 bridgehead atoms. The van der Waals surface area contributed by atoms with Gasteiger partial charge in [-0.15, -0.1) is 0 Å². The van der Waals surface area contributed by atoms with E-state index in [0.29, 0.717) is 31.4 Å². The quantitative estimate of drug-likeness (QED) is 0.459. The van der Waals surface area contributed by atoms with Gasteiger partial charge in [0.25, 0.3) is 0 Å². The summed E-state index contributed by atoms with van der Waals surface area (Å²) in [5.41, 5.74) is 0.683. The molecule has 2 atom stereocenters. The average molecular weight is 457 g/mol. The second kappa shape index (κ2) is 11.2. The maximum absolute atomic E-state index is 13.3. The summed E-state index contributed by atoms with van der Waals surface area (Å²) in [5, 5.41) is 18.7. The Morgan fingerprint density at radius 1 is 1.19 bits per heavy atom. The van der Waals surface area contributed by atoms with Crippen molar-refractivity contribution in [1.29, 1.82) is 0 Å². The number of phenols is 1. The number of carbonyl (C=O) groups is 1. The summed E-state index contributed by atoms with van der Waals surface area (Å²) in [6.07, 6.45) is 5.33. The van der Waals surface area contributed by atoms with Crippen LogP contribution in [0.1, 0.15) is 38.7 Å². The van der Waals surface area contributed by atoms with Gasteiger partial charge in [0.05, 0.1) is 10.9 Å². The van der Waals surface area contributed by atoms with E-state index in [1.807, 2.05) is 6.08 Å². The van der Waals surface area contributed by atoms with E-state index < -0.39 is 27.9 Å². The number of carboxylic acid groups (broad SMARTS) is 1. The van der Waals surface area contributed by atoms with Crippen molar-refractivity contribution in [3.63, 3.8) is 0 Å². The average Bonchev–Trinajstić information content (AvgIpc) is 3.12. The van der Waals surface area contributed by atoms with Crippen LogP contribution in [0.3, 0.4) is 0 Å². The van der Waals surface area contributed by atoms with Crippen LogP contribution in [0.2, 0.25) is 0 Å². The first-order valence-electron chi connectivity index (χ1n) is 9.72. The van der Waals surface area contributed by atoms with Gasteiger partial charge in [-0.25, -0.2) is 12.8 Å². The zero-order valence-electron chi connectivity index (χ0n) is 18.3. The molecular formula is C22H25FNNaO5S. The predicted octanol–water partition coefficient (Wildman–Crippen LogP) is 1.21. The fourth-order valence-electron chi connectivity index (χ4n) is 3.83. The number of hydrogen-bond donors (Lipinski definition) is 2. The molecule has 0 aromatic heterocycles. The number of aliphatic carboxylic acids is 1. The maximum Gasteiger partial charge on any atom is 1.00 e. The zero-order chi connectivity index (χ0) is 21.7. The van der Waals surface area contributed by atoms with E-state index in [9.17, 15) is 22.7 Å². The molecule has 1 aliphatic rings. The number of allylic oxidation sites excluding steroid dienone is 2. The summed E-state index contributed by atoms with van der Waals surface area (Å²) in [6, 6.07) is 10.8. The maximum atomic E-state index is 13.3. The second-order valence-electron chi connectivity index (χ2n) is 7.30. The second-order valence-corrected chi connectivity index (χ2v) is 9.19. The Balaban J connectivity index is 0.00000256. The van der Waals surface area contributed by atoms with E-state index in [0.717, 1.165) is 12.1 Å². The summed E-state index contributed by atoms with van der Waals surface area (Å²) < 4.78 is 41.2. The normalized spacial score (nSPS) is 19.4. The minimum Gasteiger partial charge on any atom is -1.00 e. The van der Waals surface area contributed by atoms with Gasteiger partial charge in [0, 0.05) is 13.0 Å². The first-order chi connectivity index (χ1) is 14.3. The Morgan fingerprint density at radius 3 is 2.55 bits per heavy atom. The van der Waals surface area contributed by atoms with Gasteiger partial charge < -0.3 is 11.6 Å². The van der Waals surface area contributed by atoms with Crippen molar-refractivity contribution < 1.29 is 58.8 Å². The molecule has 1 fully saturated rings. The van der Waals surface area contributed by atoms with Gasteiger partial charge in [-0.05, 0) is 67.1 Å². The van der Waals surface area contributed by atoms with Crippen molar-refractivity contribution in [3.8, 4) is 5.75 Å². The van der Waals surface area contributed by atoms with Crippen molar-refractivity contribution >= 4 is 16.0 Å². The Kier molecular flexibility index (Phi) is 9.27. The van der Waals surface area contributed by atoms with Crippen molar-refractivity contribution in [3.05, 3.63) is 72.1 Å². The van der Waals surface area contributed by atoms with Crippen LogP contribution in [0.4, 0.5) is 4.39 Å². The van der Waals surface area contributed by atoms with E-state index in [1.165, 1.54) is 22.5 Å². The number of carboxylic acids is 1. The van der Waals surface area contributed by atoms with E-state index >= 15 is 0 Å². The van der Waals surface area contributed by atoms with Crippen LogP contribution in [0.25, 0.3) is 0 Å². The molecule has 2 aromatic rings. The number of halogens is 1. The van der Waals surface area contributed by atoms with E-state index in [-0.39, 0.29) is 54.0 Å². The largest absolute Gasteiger partial charge is 1.00 e. The topological polar surface area (TPSA) is 94.9 Å². The molecule has 0 radical (unpaired) electrons. The van der Waals surface area contributed by atoms with Gasteiger partial charge in [-0.1, -0.05) is 24.3 Å². The van der Waals surface area contributed by atoms with Gasteiger partial charge in [-0.2, -0.15) is 4.31 Å². The summed E-state index contributed by atoms with van der Waals surface area (Å²) in [7, 11) is -3.86. The monoisotopic (exact) mass is 457 g/mol. The van der Waals surface area contributed by atoms with Crippen LogP contribution in [0, 0.1) is 11.7 Å². The molecule has 3 rings (SSSR count). The number of benzene rings is 2. The minimum atomic E-state index is -3.86. The van der Waals surface area contributed by atoms with Crippen LogP contribution in [-0.4, -0.2) is 35.5 Å². The molecule has 1 aliphatic heterocycles. The number of aromatic hydroxyl groups is 1. The van der Waals surface area contributed by atoms with Gasteiger partial charge in [0.15, 0.2) is 0 Å². The van der Waals surface area contributed by atoms with E-state index in [2.05, 4.69) is 0 Å². The first-order valence-corrected chi connectivity index (χ1v) is 11.2. The van der Waals surface area contributed by atoms with Crippen molar-refractivity contribution in [1.82, 2.24) is 4.31 Å². The molecule has 0 aliphatic carbocycles. The van der Waals surface area contributed by atoms with Crippen LogP contribution in [0.15, 0.2) is 65.6 Å². The molecule has 6 nitrogen and oxygen atoms in total. The molecule has 2 N–H and O–H groups in total. The standard InChI is InChI=1S/C22H24FNO5S.Na.H/c23-18-9-11-20(12-10-18)30(28,29)24-14-13-16(5-2-1-3-8-21(26)27)22(24)17-6-4-7-19(25)15-17;;/h1-2,4,6-7,9-12,15-16,22,25H,3,5,8,13-14H2,(H,26,27);;/q;+1;-1/b2-1-;;. The van der Waals surface area contributed by atoms with Crippen molar-refractivity contribution in [2.24, 2.45) is 5.92 Å². The molecule has 1 heterocycles. The zero-order valence-corrected chi connectivity index (χ0v) is 20.1. The number of hydrogen-bond acceptors (Lipinski definition) is 4. The SMILES string of the molecule is O=C(O)CC/C=C\CC1CCN(S(=O)(=O)c2ccc(F)cc2)C1c1cccc(O)c1.[H-].[Na+]. The van der Waals surface area contributed by atoms with Crippen LogP contribution < -0.4 is 29.6 Å². The molecule has 31 heavy (non-hydrogen) atoms. The molecular weight excluding hydrogens is 432 g/mol. The van der Waals surface area contributed by atoms with E-state index in [1.54, 1.807) is 24.3 Å². The minimum absolute atomic E-state index is 0.